The zero-order chi connectivity index (χ0) is 14.9. The summed E-state index contributed by atoms with van der Waals surface area (Å²) < 4.78 is 13.3. The van der Waals surface area contributed by atoms with Crippen molar-refractivity contribution in [3.05, 3.63) is 40.4 Å². The summed E-state index contributed by atoms with van der Waals surface area (Å²) in [4.78, 5) is 8.66. The predicted octanol–water partition coefficient (Wildman–Crippen LogP) is 4.03. The first-order chi connectivity index (χ1) is 9.36. The third-order valence-corrected chi connectivity index (χ3v) is 3.06. The first-order valence-corrected chi connectivity index (χ1v) is 6.61. The molecule has 0 aliphatic rings. The highest BCUT2D eigenvalue weighted by Gasteiger charge is 2.12. The van der Waals surface area contributed by atoms with Crippen LogP contribution in [-0.2, 0) is 0 Å². The van der Waals surface area contributed by atoms with Crippen LogP contribution in [0.4, 0.5) is 21.7 Å². The minimum Gasteiger partial charge on any atom is -0.383 e. The van der Waals surface area contributed by atoms with Crippen LogP contribution in [0.2, 0.25) is 5.02 Å². The van der Waals surface area contributed by atoms with Gasteiger partial charge in [0.2, 0.25) is 0 Å². The summed E-state index contributed by atoms with van der Waals surface area (Å²) in [7, 11) is 0. The lowest BCUT2D eigenvalue weighted by atomic mass is 10.2. The van der Waals surface area contributed by atoms with Gasteiger partial charge in [-0.25, -0.2) is 14.4 Å². The van der Waals surface area contributed by atoms with Gasteiger partial charge in [-0.15, -0.1) is 0 Å². The quantitative estimate of drug-likeness (QED) is 0.897. The Kier molecular flexibility index (Phi) is 4.09. The molecule has 0 atom stereocenters. The lowest BCUT2D eigenvalue weighted by Crippen LogP contribution is -2.08. The Bertz CT molecular complexity index is 623. The molecule has 0 unspecified atom stereocenters. The second kappa shape index (κ2) is 5.63. The van der Waals surface area contributed by atoms with Gasteiger partial charge in [-0.1, -0.05) is 25.4 Å². The monoisotopic (exact) mass is 294 g/mol. The minimum atomic E-state index is -0.413. The fraction of sp³-hybridized carbons (Fsp3) is 0.286. The van der Waals surface area contributed by atoms with Gasteiger partial charge in [-0.2, -0.15) is 0 Å². The number of nitrogens with zero attached hydrogens (tertiary/aromatic N) is 2. The third-order valence-electron chi connectivity index (χ3n) is 2.84. The second-order valence-electron chi connectivity index (χ2n) is 4.88. The minimum absolute atomic E-state index is 0.148. The fourth-order valence-corrected chi connectivity index (χ4v) is 1.92. The van der Waals surface area contributed by atoms with Crippen molar-refractivity contribution in [2.75, 3.05) is 11.1 Å². The summed E-state index contributed by atoms with van der Waals surface area (Å²) >= 11 is 5.83. The van der Waals surface area contributed by atoms with Crippen LogP contribution in [0.1, 0.15) is 31.2 Å². The molecule has 0 aliphatic heterocycles. The molecule has 0 amide bonds. The molecule has 3 N–H and O–H groups in total. The van der Waals surface area contributed by atoms with Gasteiger partial charge in [0, 0.05) is 22.2 Å². The number of anilines is 3. The maximum absolute atomic E-state index is 13.3. The fourth-order valence-electron chi connectivity index (χ4n) is 1.69. The summed E-state index contributed by atoms with van der Waals surface area (Å²) in [6.07, 6.45) is 0. The maximum atomic E-state index is 13.3. The number of hydrogen-bond donors (Lipinski definition) is 2. The molecule has 0 fully saturated rings. The Morgan fingerprint density at radius 2 is 1.95 bits per heavy atom. The highest BCUT2D eigenvalue weighted by Crippen LogP contribution is 2.26. The van der Waals surface area contributed by atoms with Crippen molar-refractivity contribution in [2.24, 2.45) is 0 Å². The van der Waals surface area contributed by atoms with Crippen molar-refractivity contribution in [1.29, 1.82) is 0 Å². The van der Waals surface area contributed by atoms with E-state index in [0.29, 0.717) is 28.2 Å². The molecule has 1 aromatic carbocycles. The molecule has 6 heteroatoms. The molecule has 106 valence electrons. The number of hydrogen-bond acceptors (Lipinski definition) is 4. The zero-order valence-electron chi connectivity index (χ0n) is 11.5. The number of aromatic nitrogens is 2. The third kappa shape index (κ3) is 3.17. The van der Waals surface area contributed by atoms with Gasteiger partial charge in [0.25, 0.3) is 0 Å². The van der Waals surface area contributed by atoms with Crippen LogP contribution in [0.15, 0.2) is 18.2 Å². The molecule has 0 saturated carbocycles. The number of benzene rings is 1. The first-order valence-electron chi connectivity index (χ1n) is 6.24. The largest absolute Gasteiger partial charge is 0.383 e. The van der Waals surface area contributed by atoms with Crippen molar-refractivity contribution < 1.29 is 4.39 Å². The van der Waals surface area contributed by atoms with E-state index in [2.05, 4.69) is 15.3 Å². The summed E-state index contributed by atoms with van der Waals surface area (Å²) in [6, 6.07) is 4.21. The van der Waals surface area contributed by atoms with Crippen LogP contribution in [0.5, 0.6) is 0 Å². The Hall–Kier alpha value is -1.88. The highest BCUT2D eigenvalue weighted by molar-refractivity contribution is 6.30. The number of nitrogens with one attached hydrogen (secondary N) is 1. The zero-order valence-corrected chi connectivity index (χ0v) is 12.3. The normalized spacial score (nSPS) is 10.9. The molecule has 1 heterocycles. The molecule has 0 aliphatic carbocycles. The highest BCUT2D eigenvalue weighted by atomic mass is 35.5. The van der Waals surface area contributed by atoms with E-state index in [4.69, 9.17) is 17.3 Å². The number of nitrogen functional groups attached to an aromatic ring is 1. The van der Waals surface area contributed by atoms with Gasteiger partial charge < -0.3 is 11.1 Å². The molecule has 0 spiro atoms. The van der Waals surface area contributed by atoms with Gasteiger partial charge in [0.15, 0.2) is 0 Å². The van der Waals surface area contributed by atoms with E-state index in [9.17, 15) is 4.39 Å². The maximum Gasteiger partial charge on any atom is 0.139 e. The van der Waals surface area contributed by atoms with Gasteiger partial charge in [0.05, 0.1) is 0 Å². The van der Waals surface area contributed by atoms with Crippen LogP contribution in [0.25, 0.3) is 0 Å². The average molecular weight is 295 g/mol. The lowest BCUT2D eigenvalue weighted by Gasteiger charge is -2.13. The van der Waals surface area contributed by atoms with E-state index in [1.807, 2.05) is 20.8 Å². The van der Waals surface area contributed by atoms with E-state index in [1.165, 1.54) is 12.1 Å². The summed E-state index contributed by atoms with van der Waals surface area (Å²) in [5.74, 6) is 1.34. The van der Waals surface area contributed by atoms with Crippen LogP contribution >= 0.6 is 11.6 Å². The van der Waals surface area contributed by atoms with E-state index >= 15 is 0 Å². The first kappa shape index (κ1) is 14.5. The second-order valence-corrected chi connectivity index (χ2v) is 5.31. The molecule has 2 aromatic rings. The van der Waals surface area contributed by atoms with Crippen LogP contribution in [0, 0.1) is 12.7 Å². The molecule has 2 rings (SSSR count). The van der Waals surface area contributed by atoms with Crippen LogP contribution < -0.4 is 11.1 Å². The number of rotatable bonds is 3. The molecular formula is C14H16ClFN4. The van der Waals surface area contributed by atoms with Crippen molar-refractivity contribution in [3.8, 4) is 0 Å². The Balaban J connectivity index is 2.42. The van der Waals surface area contributed by atoms with Gasteiger partial charge in [-0.3, -0.25) is 0 Å². The van der Waals surface area contributed by atoms with Gasteiger partial charge in [-0.05, 0) is 25.1 Å². The number of halogens is 2. The molecule has 0 radical (unpaired) electrons. The SMILES string of the molecule is Cc1c(N)nc(C(C)C)nc1Nc1cc(F)cc(Cl)c1. The Labute approximate surface area is 122 Å². The summed E-state index contributed by atoms with van der Waals surface area (Å²) in [5.41, 5.74) is 7.12. The molecule has 0 saturated heterocycles. The molecule has 1 aromatic heterocycles. The van der Waals surface area contributed by atoms with Crippen molar-refractivity contribution >= 4 is 28.9 Å². The van der Waals surface area contributed by atoms with E-state index in [0.717, 1.165) is 5.56 Å². The molecule has 0 bridgehead atoms. The topological polar surface area (TPSA) is 63.8 Å². The predicted molar refractivity (Wildman–Crippen MR) is 80.0 cm³/mol. The Morgan fingerprint density at radius 3 is 2.55 bits per heavy atom. The standard InChI is InChI=1S/C14H16ClFN4/c1-7(2)13-19-12(17)8(3)14(20-13)18-11-5-9(15)4-10(16)6-11/h4-7H,1-3H3,(H3,17,18,19,20). The molecular weight excluding hydrogens is 279 g/mol. The lowest BCUT2D eigenvalue weighted by molar-refractivity contribution is 0.628. The van der Waals surface area contributed by atoms with Crippen LogP contribution in [0.3, 0.4) is 0 Å². The smallest absolute Gasteiger partial charge is 0.139 e. The summed E-state index contributed by atoms with van der Waals surface area (Å²) in [5, 5.41) is 3.35. The van der Waals surface area contributed by atoms with Crippen molar-refractivity contribution in [2.45, 2.75) is 26.7 Å². The Morgan fingerprint density at radius 1 is 1.25 bits per heavy atom. The molecule has 4 nitrogen and oxygen atoms in total. The van der Waals surface area contributed by atoms with Crippen LogP contribution in [-0.4, -0.2) is 9.97 Å². The number of nitrogens with two attached hydrogens (primary N) is 1. The van der Waals surface area contributed by atoms with Crippen molar-refractivity contribution in [1.82, 2.24) is 9.97 Å². The molecule has 20 heavy (non-hydrogen) atoms. The van der Waals surface area contributed by atoms with E-state index in [1.54, 1.807) is 6.07 Å². The van der Waals surface area contributed by atoms with Crippen molar-refractivity contribution in [3.63, 3.8) is 0 Å². The average Bonchev–Trinajstić information content (AvgIpc) is 2.33. The summed E-state index contributed by atoms with van der Waals surface area (Å²) in [6.45, 7) is 5.77. The van der Waals surface area contributed by atoms with E-state index < -0.39 is 5.82 Å². The van der Waals surface area contributed by atoms with Gasteiger partial charge >= 0.3 is 0 Å². The van der Waals surface area contributed by atoms with Gasteiger partial charge in [0.1, 0.15) is 23.3 Å². The van der Waals surface area contributed by atoms with E-state index in [-0.39, 0.29) is 5.92 Å².